The van der Waals surface area contributed by atoms with Crippen LogP contribution in [0, 0.1) is 16.7 Å². The average Bonchev–Trinajstić information content (AvgIpc) is 2.88. The number of methoxy groups -OCH3 is 2. The molecule has 0 aromatic heterocycles. The minimum Gasteiger partial charge on any atom is -0.541 e. The third-order valence-electron chi connectivity index (χ3n) is 7.85. The van der Waals surface area contributed by atoms with E-state index in [-0.39, 0.29) is 11.5 Å². The molecule has 2 unspecified atom stereocenters. The highest BCUT2D eigenvalue weighted by molar-refractivity contribution is 6.74. The molecule has 0 bridgehead atoms. The van der Waals surface area contributed by atoms with E-state index in [1.54, 1.807) is 46.1 Å². The zero-order chi connectivity index (χ0) is 25.6. The van der Waals surface area contributed by atoms with Crippen LogP contribution in [-0.2, 0) is 14.3 Å². The second-order valence-corrected chi connectivity index (χ2v) is 15.8. The van der Waals surface area contributed by atoms with E-state index in [4.69, 9.17) is 13.9 Å². The highest BCUT2D eigenvalue weighted by atomic mass is 28.4. The van der Waals surface area contributed by atoms with Crippen molar-refractivity contribution in [1.82, 2.24) is 0 Å². The molecule has 0 spiro atoms. The summed E-state index contributed by atoms with van der Waals surface area (Å²) >= 11 is 0. The molecular weight excluding hydrogens is 440 g/mol. The zero-order valence-corrected chi connectivity index (χ0v) is 22.5. The molecule has 0 amide bonds. The molecule has 1 aliphatic rings. The quantitative estimate of drug-likeness (QED) is 0.385. The SMILES string of the molecule is COC(=C1CC(C)(C(=O)O)C(C)(C)C1C(=O)O)c1ccc(OC)c(O[Si](C)(C)C(C)(C)C)c1. The molecule has 2 atom stereocenters. The van der Waals surface area contributed by atoms with Gasteiger partial charge in [-0.2, -0.15) is 0 Å². The number of carbonyl (C=O) groups is 2. The Labute approximate surface area is 197 Å². The van der Waals surface area contributed by atoms with Crippen molar-refractivity contribution >= 4 is 26.0 Å². The molecule has 1 aliphatic carbocycles. The minimum absolute atomic E-state index is 0.0379. The normalized spacial score (nSPS) is 24.2. The molecule has 0 saturated heterocycles. The van der Waals surface area contributed by atoms with E-state index in [1.807, 2.05) is 0 Å². The Hall–Kier alpha value is -2.48. The van der Waals surface area contributed by atoms with Crippen LogP contribution < -0.4 is 9.16 Å². The third kappa shape index (κ3) is 4.49. The fraction of sp³-hybridized carbons (Fsp3) is 0.600. The lowest BCUT2D eigenvalue weighted by Crippen LogP contribution is -2.43. The first-order valence-electron chi connectivity index (χ1n) is 11.0. The molecule has 1 aromatic carbocycles. The third-order valence-corrected chi connectivity index (χ3v) is 12.2. The van der Waals surface area contributed by atoms with Crippen LogP contribution in [-0.4, -0.2) is 44.7 Å². The fourth-order valence-corrected chi connectivity index (χ4v) is 5.26. The molecule has 2 rings (SSSR count). The van der Waals surface area contributed by atoms with Crippen molar-refractivity contribution in [1.29, 1.82) is 0 Å². The maximum Gasteiger partial charge on any atom is 0.311 e. The molecule has 0 radical (unpaired) electrons. The highest BCUT2D eigenvalue weighted by Gasteiger charge is 2.62. The summed E-state index contributed by atoms with van der Waals surface area (Å²) in [6, 6.07) is 5.35. The van der Waals surface area contributed by atoms with Crippen molar-refractivity contribution in [2.45, 2.75) is 66.1 Å². The van der Waals surface area contributed by atoms with Gasteiger partial charge in [0.15, 0.2) is 5.75 Å². The number of benzene rings is 1. The van der Waals surface area contributed by atoms with Crippen molar-refractivity contribution in [2.75, 3.05) is 14.2 Å². The first kappa shape index (κ1) is 26.8. The van der Waals surface area contributed by atoms with Crippen molar-refractivity contribution in [3.63, 3.8) is 0 Å². The van der Waals surface area contributed by atoms with Crippen LogP contribution in [0.15, 0.2) is 23.8 Å². The van der Waals surface area contributed by atoms with E-state index in [0.717, 1.165) is 0 Å². The molecule has 0 heterocycles. The Balaban J connectivity index is 2.73. The molecule has 2 N–H and O–H groups in total. The lowest BCUT2D eigenvalue weighted by atomic mass is 9.65. The van der Waals surface area contributed by atoms with Gasteiger partial charge in [-0.15, -0.1) is 0 Å². The largest absolute Gasteiger partial charge is 0.541 e. The van der Waals surface area contributed by atoms with Crippen LogP contribution in [0.25, 0.3) is 5.76 Å². The Kier molecular flexibility index (Phi) is 7.06. The van der Waals surface area contributed by atoms with Gasteiger partial charge in [0.25, 0.3) is 8.32 Å². The summed E-state index contributed by atoms with van der Waals surface area (Å²) in [5, 5.41) is 20.0. The molecular formula is C25H38O7Si. The molecule has 1 saturated carbocycles. The maximum absolute atomic E-state index is 12.3. The summed E-state index contributed by atoms with van der Waals surface area (Å²) in [5.41, 5.74) is -1.21. The standard InChI is InChI=1S/C25H38O7Si/c1-23(2,3)33(9,10)32-18-13-15(11-12-17(18)30-7)20(31-8)16-14-25(6,22(28)29)24(4,5)19(16)21(26)27/h11-13,19H,14H2,1-10H3,(H,26,27)(H,28,29). The lowest BCUT2D eigenvalue weighted by molar-refractivity contribution is -0.157. The van der Waals surface area contributed by atoms with Crippen molar-refractivity contribution in [2.24, 2.45) is 16.7 Å². The number of carboxylic acid groups (broad SMARTS) is 2. The number of ether oxygens (including phenoxy) is 2. The number of hydrogen-bond donors (Lipinski definition) is 2. The summed E-state index contributed by atoms with van der Waals surface area (Å²) in [6.45, 7) is 15.7. The van der Waals surface area contributed by atoms with Crippen LogP contribution in [0.2, 0.25) is 18.1 Å². The van der Waals surface area contributed by atoms with E-state index in [0.29, 0.717) is 28.4 Å². The van der Waals surface area contributed by atoms with Crippen LogP contribution in [0.4, 0.5) is 0 Å². The van der Waals surface area contributed by atoms with Gasteiger partial charge in [0.1, 0.15) is 11.5 Å². The molecule has 7 nitrogen and oxygen atoms in total. The van der Waals surface area contributed by atoms with Gasteiger partial charge < -0.3 is 24.1 Å². The lowest BCUT2D eigenvalue weighted by Gasteiger charge is -2.37. The molecule has 1 aromatic rings. The zero-order valence-electron chi connectivity index (χ0n) is 21.5. The summed E-state index contributed by atoms with van der Waals surface area (Å²) in [6.07, 6.45) is 0.0694. The van der Waals surface area contributed by atoms with E-state index in [2.05, 4.69) is 33.9 Å². The summed E-state index contributed by atoms with van der Waals surface area (Å²) in [7, 11) is 0.853. The fourth-order valence-electron chi connectivity index (χ4n) is 4.25. The van der Waals surface area contributed by atoms with Crippen LogP contribution in [0.1, 0.15) is 53.5 Å². The monoisotopic (exact) mass is 478 g/mol. The van der Waals surface area contributed by atoms with Crippen LogP contribution in [0.3, 0.4) is 0 Å². The van der Waals surface area contributed by atoms with Gasteiger partial charge in [0.05, 0.1) is 25.6 Å². The van der Waals surface area contributed by atoms with Gasteiger partial charge in [0, 0.05) is 5.56 Å². The number of hydrogen-bond acceptors (Lipinski definition) is 5. The Morgan fingerprint density at radius 1 is 1.06 bits per heavy atom. The van der Waals surface area contributed by atoms with E-state index < -0.39 is 37.0 Å². The number of rotatable bonds is 7. The second-order valence-electron chi connectivity index (χ2n) is 11.1. The van der Waals surface area contributed by atoms with E-state index >= 15 is 0 Å². The molecule has 0 aliphatic heterocycles. The smallest absolute Gasteiger partial charge is 0.311 e. The van der Waals surface area contributed by atoms with Gasteiger partial charge in [-0.3, -0.25) is 9.59 Å². The number of aliphatic carboxylic acids is 2. The maximum atomic E-state index is 12.3. The van der Waals surface area contributed by atoms with Gasteiger partial charge in [-0.25, -0.2) is 0 Å². The van der Waals surface area contributed by atoms with E-state index in [9.17, 15) is 19.8 Å². The van der Waals surface area contributed by atoms with Gasteiger partial charge >= 0.3 is 11.9 Å². The molecule has 33 heavy (non-hydrogen) atoms. The van der Waals surface area contributed by atoms with Crippen molar-refractivity contribution in [3.8, 4) is 11.5 Å². The second kappa shape index (κ2) is 8.70. The Morgan fingerprint density at radius 3 is 2.06 bits per heavy atom. The first-order chi connectivity index (χ1) is 14.9. The summed E-state index contributed by atoms with van der Waals surface area (Å²) < 4.78 is 17.8. The van der Waals surface area contributed by atoms with E-state index in [1.165, 1.54) is 7.11 Å². The summed E-state index contributed by atoms with van der Waals surface area (Å²) in [5.74, 6) is -1.62. The predicted molar refractivity (Wildman–Crippen MR) is 130 cm³/mol. The van der Waals surface area contributed by atoms with Gasteiger partial charge in [-0.05, 0) is 60.7 Å². The minimum atomic E-state index is -2.19. The van der Waals surface area contributed by atoms with Crippen molar-refractivity contribution in [3.05, 3.63) is 29.3 Å². The Bertz CT molecular complexity index is 971. The summed E-state index contributed by atoms with van der Waals surface area (Å²) in [4.78, 5) is 24.5. The average molecular weight is 479 g/mol. The Morgan fingerprint density at radius 2 is 1.64 bits per heavy atom. The van der Waals surface area contributed by atoms with Gasteiger partial charge in [0.2, 0.25) is 0 Å². The predicted octanol–water partition coefficient (Wildman–Crippen LogP) is 5.66. The molecule has 1 fully saturated rings. The number of carboxylic acids is 2. The van der Waals surface area contributed by atoms with Crippen LogP contribution in [0.5, 0.6) is 11.5 Å². The van der Waals surface area contributed by atoms with Gasteiger partial charge in [-0.1, -0.05) is 34.6 Å². The van der Waals surface area contributed by atoms with Crippen LogP contribution >= 0.6 is 0 Å². The molecule has 8 heteroatoms. The highest BCUT2D eigenvalue weighted by Crippen LogP contribution is 2.60. The first-order valence-corrected chi connectivity index (χ1v) is 14.0. The molecule has 184 valence electrons. The topological polar surface area (TPSA) is 102 Å². The van der Waals surface area contributed by atoms with Crippen molar-refractivity contribution < 1.29 is 33.7 Å².